The van der Waals surface area contributed by atoms with Gasteiger partial charge in [-0.1, -0.05) is 43.4 Å². The number of aromatic nitrogens is 1. The fourth-order valence-corrected chi connectivity index (χ4v) is 4.50. The molecule has 1 aromatic heterocycles. The van der Waals surface area contributed by atoms with Crippen LogP contribution in [0.4, 0.5) is 0 Å². The number of hydrogen-bond donors (Lipinski definition) is 1. The molecule has 0 aliphatic heterocycles. The zero-order chi connectivity index (χ0) is 13.5. The van der Waals surface area contributed by atoms with Crippen LogP contribution in [0, 0.1) is 5.92 Å². The summed E-state index contributed by atoms with van der Waals surface area (Å²) in [5, 5.41) is 10.7. The Kier molecular flexibility index (Phi) is 3.23. The number of fused-ring (bicyclic) bond motifs is 1. The van der Waals surface area contributed by atoms with Crippen LogP contribution >= 0.6 is 11.5 Å². The van der Waals surface area contributed by atoms with Gasteiger partial charge in [0.05, 0.1) is 22.2 Å². The Hall–Kier alpha value is -1.13. The van der Waals surface area contributed by atoms with Crippen LogP contribution < -0.4 is 5.56 Å². The van der Waals surface area contributed by atoms with Crippen molar-refractivity contribution < 1.29 is 5.11 Å². The van der Waals surface area contributed by atoms with Crippen molar-refractivity contribution >= 4 is 21.6 Å². The topological polar surface area (TPSA) is 42.2 Å². The number of nitrogens with zero attached hydrogens (tertiary/aromatic N) is 1. The molecule has 1 aromatic carbocycles. The first kappa shape index (κ1) is 12.9. The highest BCUT2D eigenvalue weighted by Gasteiger charge is 2.38. The highest BCUT2D eigenvalue weighted by atomic mass is 32.1. The van der Waals surface area contributed by atoms with Crippen molar-refractivity contribution in [1.82, 2.24) is 3.96 Å². The minimum atomic E-state index is -0.377. The molecule has 0 bridgehead atoms. The Morgan fingerprint density at radius 1 is 1.47 bits per heavy atom. The second-order valence-electron chi connectivity index (χ2n) is 5.77. The standard InChI is InChI=1S/C15H19NO2S/c1-11-5-4-8-15(9-11,10-17)16-14(18)12-6-2-3-7-13(12)19-16/h2-3,6-7,11,17H,4-5,8-10H2,1H3. The summed E-state index contributed by atoms with van der Waals surface area (Å²) >= 11 is 1.50. The van der Waals surface area contributed by atoms with Gasteiger partial charge in [-0.2, -0.15) is 0 Å². The molecular weight excluding hydrogens is 258 g/mol. The monoisotopic (exact) mass is 277 g/mol. The Bertz CT molecular complexity index is 645. The van der Waals surface area contributed by atoms with Gasteiger partial charge in [0.2, 0.25) is 0 Å². The molecule has 1 saturated carbocycles. The van der Waals surface area contributed by atoms with Crippen molar-refractivity contribution in [3.63, 3.8) is 0 Å². The van der Waals surface area contributed by atoms with Crippen molar-refractivity contribution in [1.29, 1.82) is 0 Å². The van der Waals surface area contributed by atoms with Gasteiger partial charge in [0.1, 0.15) is 0 Å². The first-order chi connectivity index (χ1) is 9.16. The van der Waals surface area contributed by atoms with Crippen LogP contribution in [0.5, 0.6) is 0 Å². The van der Waals surface area contributed by atoms with Gasteiger partial charge in [-0.15, -0.1) is 0 Å². The second kappa shape index (κ2) is 4.76. The summed E-state index contributed by atoms with van der Waals surface area (Å²) in [6.07, 6.45) is 4.08. The molecule has 2 atom stereocenters. The summed E-state index contributed by atoms with van der Waals surface area (Å²) in [5.41, 5.74) is -0.318. The molecule has 3 nitrogen and oxygen atoms in total. The van der Waals surface area contributed by atoms with Gasteiger partial charge >= 0.3 is 0 Å². The molecule has 0 saturated heterocycles. The lowest BCUT2D eigenvalue weighted by molar-refractivity contribution is 0.0765. The lowest BCUT2D eigenvalue weighted by Gasteiger charge is -2.38. The predicted molar refractivity (Wildman–Crippen MR) is 78.8 cm³/mol. The molecule has 1 N–H and O–H groups in total. The highest BCUT2D eigenvalue weighted by Crippen LogP contribution is 2.39. The number of aliphatic hydroxyl groups is 1. The van der Waals surface area contributed by atoms with Crippen LogP contribution in [0.15, 0.2) is 29.1 Å². The molecule has 1 heterocycles. The van der Waals surface area contributed by atoms with Crippen molar-refractivity contribution in [2.24, 2.45) is 5.92 Å². The van der Waals surface area contributed by atoms with Crippen molar-refractivity contribution in [3.8, 4) is 0 Å². The van der Waals surface area contributed by atoms with Crippen LogP contribution in [0.3, 0.4) is 0 Å². The van der Waals surface area contributed by atoms with Crippen molar-refractivity contribution in [3.05, 3.63) is 34.6 Å². The van der Waals surface area contributed by atoms with E-state index in [1.54, 1.807) is 0 Å². The Morgan fingerprint density at radius 3 is 2.95 bits per heavy atom. The Morgan fingerprint density at radius 2 is 2.26 bits per heavy atom. The smallest absolute Gasteiger partial charge is 0.269 e. The summed E-state index contributed by atoms with van der Waals surface area (Å²) in [6.45, 7) is 2.27. The van der Waals surface area contributed by atoms with E-state index in [-0.39, 0.29) is 17.7 Å². The van der Waals surface area contributed by atoms with E-state index >= 15 is 0 Å². The van der Waals surface area contributed by atoms with E-state index in [0.29, 0.717) is 5.92 Å². The molecule has 4 heteroatoms. The van der Waals surface area contributed by atoms with Gasteiger partial charge in [0.25, 0.3) is 5.56 Å². The van der Waals surface area contributed by atoms with Gasteiger partial charge in [-0.3, -0.25) is 8.75 Å². The van der Waals surface area contributed by atoms with Gasteiger partial charge in [0, 0.05) is 0 Å². The summed E-state index contributed by atoms with van der Waals surface area (Å²) in [7, 11) is 0. The van der Waals surface area contributed by atoms with E-state index in [9.17, 15) is 9.90 Å². The maximum atomic E-state index is 12.6. The number of hydrogen-bond acceptors (Lipinski definition) is 3. The van der Waals surface area contributed by atoms with Crippen LogP contribution in [0.1, 0.15) is 32.6 Å². The summed E-state index contributed by atoms with van der Waals surface area (Å²) in [4.78, 5) is 12.6. The number of benzene rings is 1. The average molecular weight is 277 g/mol. The van der Waals surface area contributed by atoms with Crippen LogP contribution in [0.2, 0.25) is 0 Å². The molecule has 0 amide bonds. The van der Waals surface area contributed by atoms with Crippen molar-refractivity contribution in [2.75, 3.05) is 6.61 Å². The van der Waals surface area contributed by atoms with E-state index in [1.165, 1.54) is 18.0 Å². The molecule has 19 heavy (non-hydrogen) atoms. The van der Waals surface area contributed by atoms with Crippen LogP contribution in [0.25, 0.3) is 10.1 Å². The Balaban J connectivity index is 2.16. The quantitative estimate of drug-likeness (QED) is 0.917. The van der Waals surface area contributed by atoms with E-state index in [4.69, 9.17) is 0 Å². The maximum absolute atomic E-state index is 12.6. The molecule has 1 aliphatic rings. The minimum Gasteiger partial charge on any atom is -0.394 e. The lowest BCUT2D eigenvalue weighted by Crippen LogP contribution is -2.44. The maximum Gasteiger partial charge on any atom is 0.269 e. The molecule has 1 fully saturated rings. The number of rotatable bonds is 2. The van der Waals surface area contributed by atoms with Crippen molar-refractivity contribution in [2.45, 2.75) is 38.1 Å². The number of aliphatic hydroxyl groups excluding tert-OH is 1. The fourth-order valence-electron chi connectivity index (χ4n) is 3.31. The zero-order valence-corrected chi connectivity index (χ0v) is 11.9. The third-order valence-electron chi connectivity index (χ3n) is 4.28. The molecular formula is C15H19NO2S. The molecule has 3 rings (SSSR count). The first-order valence-electron chi connectivity index (χ1n) is 6.89. The van der Waals surface area contributed by atoms with Gasteiger partial charge in [-0.25, -0.2) is 0 Å². The minimum absolute atomic E-state index is 0.0590. The predicted octanol–water partition coefficient (Wildman–Crippen LogP) is 2.96. The molecule has 0 radical (unpaired) electrons. The lowest BCUT2D eigenvalue weighted by atomic mass is 9.77. The SMILES string of the molecule is CC1CCCC(CO)(n2sc3ccccc3c2=O)C1. The highest BCUT2D eigenvalue weighted by molar-refractivity contribution is 7.13. The largest absolute Gasteiger partial charge is 0.394 e. The normalized spacial score (nSPS) is 27.8. The summed E-state index contributed by atoms with van der Waals surface area (Å²) in [6, 6.07) is 7.71. The van der Waals surface area contributed by atoms with E-state index in [2.05, 4.69) is 6.92 Å². The van der Waals surface area contributed by atoms with Gasteiger partial charge < -0.3 is 5.11 Å². The van der Waals surface area contributed by atoms with Crippen LogP contribution in [-0.4, -0.2) is 15.7 Å². The fraction of sp³-hybridized carbons (Fsp3) is 0.533. The molecule has 0 spiro atoms. The first-order valence-corrected chi connectivity index (χ1v) is 7.66. The summed E-state index contributed by atoms with van der Waals surface area (Å²) < 4.78 is 2.85. The molecule has 2 aromatic rings. The molecule has 1 aliphatic carbocycles. The van der Waals surface area contributed by atoms with Gasteiger partial charge in [0.15, 0.2) is 0 Å². The average Bonchev–Trinajstić information content (AvgIpc) is 2.77. The molecule has 102 valence electrons. The zero-order valence-electron chi connectivity index (χ0n) is 11.1. The van der Waals surface area contributed by atoms with E-state index in [1.807, 2.05) is 28.2 Å². The van der Waals surface area contributed by atoms with E-state index < -0.39 is 0 Å². The van der Waals surface area contributed by atoms with E-state index in [0.717, 1.165) is 29.3 Å². The third kappa shape index (κ3) is 2.03. The third-order valence-corrected chi connectivity index (χ3v) is 5.57. The Labute approximate surface area is 116 Å². The summed E-state index contributed by atoms with van der Waals surface area (Å²) in [5.74, 6) is 0.568. The van der Waals surface area contributed by atoms with Crippen LogP contribution in [-0.2, 0) is 5.54 Å². The second-order valence-corrected chi connectivity index (χ2v) is 6.76. The van der Waals surface area contributed by atoms with Gasteiger partial charge in [-0.05, 0) is 30.9 Å². The molecule has 2 unspecified atom stereocenters.